The summed E-state index contributed by atoms with van der Waals surface area (Å²) in [5.74, 6) is 0.406. The zero-order chi connectivity index (χ0) is 29.1. The van der Waals surface area contributed by atoms with E-state index in [4.69, 9.17) is 0 Å². The van der Waals surface area contributed by atoms with Gasteiger partial charge in [-0.2, -0.15) is 0 Å². The van der Waals surface area contributed by atoms with Gasteiger partial charge < -0.3 is 10.2 Å². The van der Waals surface area contributed by atoms with Gasteiger partial charge in [-0.25, -0.2) is 9.97 Å². The van der Waals surface area contributed by atoms with Crippen LogP contribution in [0.15, 0.2) is 79.4 Å². The first-order valence-electron chi connectivity index (χ1n) is 14.6. The molecule has 1 saturated heterocycles. The molecule has 2 aromatic carbocycles. The number of carbonyl (C=O) groups is 2. The second-order valence-corrected chi connectivity index (χ2v) is 12.7. The number of fused-ring (bicyclic) bond motifs is 2. The highest BCUT2D eigenvalue weighted by molar-refractivity contribution is 5.98. The Morgan fingerprint density at radius 1 is 0.929 bits per heavy atom. The van der Waals surface area contributed by atoms with Crippen molar-refractivity contribution in [1.29, 1.82) is 0 Å². The third-order valence-corrected chi connectivity index (χ3v) is 8.80. The van der Waals surface area contributed by atoms with Crippen molar-refractivity contribution in [3.63, 3.8) is 0 Å². The first-order chi connectivity index (χ1) is 20.2. The molecule has 3 aromatic heterocycles. The number of amides is 2. The van der Waals surface area contributed by atoms with Crippen LogP contribution < -0.4 is 5.32 Å². The number of pyridine rings is 1. The van der Waals surface area contributed by atoms with E-state index in [0.717, 1.165) is 60.1 Å². The third kappa shape index (κ3) is 4.51. The molecular formula is C34H34N6O2. The standard InChI is InChI=1S/C34H34N6O2/c1-33(2,3)29(31(42)39-16-5-17-39)38-30(41)23-9-7-22(8-10-23)25-19-36-32-37-20-28(40(32)21-25)34(13-14-34)26-11-12-27-24(18-26)6-4-15-35-27/h4,6-12,15,18-21,29H,5,13-14,16-17H2,1-3H3,(H,38,41)/t29-/m1/s1. The first kappa shape index (κ1) is 26.3. The Kier molecular flexibility index (Phi) is 6.11. The summed E-state index contributed by atoms with van der Waals surface area (Å²) in [6, 6.07) is 17.5. The van der Waals surface area contributed by atoms with Gasteiger partial charge in [-0.1, -0.05) is 45.0 Å². The molecule has 1 aliphatic heterocycles. The molecule has 2 fully saturated rings. The predicted octanol–water partition coefficient (Wildman–Crippen LogP) is 5.40. The van der Waals surface area contributed by atoms with Crippen molar-refractivity contribution in [2.24, 2.45) is 5.41 Å². The van der Waals surface area contributed by atoms with E-state index < -0.39 is 11.5 Å². The average Bonchev–Trinajstić information content (AvgIpc) is 3.66. The number of hydrogen-bond donors (Lipinski definition) is 1. The minimum absolute atomic E-state index is 0.0111. The minimum atomic E-state index is -0.579. The van der Waals surface area contributed by atoms with Crippen molar-refractivity contribution in [1.82, 2.24) is 29.6 Å². The molecule has 1 saturated carbocycles. The number of nitrogens with one attached hydrogen (secondary N) is 1. The number of rotatable bonds is 6. The van der Waals surface area contributed by atoms with Gasteiger partial charge >= 0.3 is 0 Å². The van der Waals surface area contributed by atoms with Gasteiger partial charge in [-0.3, -0.25) is 19.0 Å². The summed E-state index contributed by atoms with van der Waals surface area (Å²) in [6.07, 6.45) is 10.8. The monoisotopic (exact) mass is 558 g/mol. The third-order valence-electron chi connectivity index (χ3n) is 8.80. The summed E-state index contributed by atoms with van der Waals surface area (Å²) in [4.78, 5) is 41.8. The van der Waals surface area contributed by atoms with Crippen LogP contribution in [0.2, 0.25) is 0 Å². The van der Waals surface area contributed by atoms with Crippen molar-refractivity contribution in [2.45, 2.75) is 51.5 Å². The van der Waals surface area contributed by atoms with Crippen molar-refractivity contribution in [3.05, 3.63) is 96.2 Å². The molecule has 2 aliphatic rings. The topological polar surface area (TPSA) is 92.5 Å². The number of nitrogens with zero attached hydrogens (tertiary/aromatic N) is 5. The molecule has 8 heteroatoms. The SMILES string of the molecule is CC(C)(C)[C@H](NC(=O)c1ccc(-c2cnc3ncc(C4(c5ccc6ncccc6c5)CC4)n3c2)cc1)C(=O)N1CCC1. The highest BCUT2D eigenvalue weighted by Gasteiger charge is 2.48. The van der Waals surface area contributed by atoms with Crippen LogP contribution >= 0.6 is 0 Å². The number of carbonyl (C=O) groups excluding carboxylic acids is 2. The molecule has 0 radical (unpaired) electrons. The van der Waals surface area contributed by atoms with E-state index >= 15 is 0 Å². The molecule has 42 heavy (non-hydrogen) atoms. The van der Waals surface area contributed by atoms with Gasteiger partial charge in [0.25, 0.3) is 5.91 Å². The van der Waals surface area contributed by atoms with Crippen LogP contribution in [0.1, 0.15) is 61.6 Å². The highest BCUT2D eigenvalue weighted by atomic mass is 16.2. The molecule has 0 bridgehead atoms. The van der Waals surface area contributed by atoms with Crippen molar-refractivity contribution >= 4 is 28.5 Å². The lowest BCUT2D eigenvalue weighted by Crippen LogP contribution is -2.57. The van der Waals surface area contributed by atoms with E-state index in [1.54, 1.807) is 0 Å². The Morgan fingerprint density at radius 3 is 2.38 bits per heavy atom. The lowest BCUT2D eigenvalue weighted by atomic mass is 9.85. The van der Waals surface area contributed by atoms with Gasteiger partial charge in [0.2, 0.25) is 11.7 Å². The summed E-state index contributed by atoms with van der Waals surface area (Å²) < 4.78 is 2.10. The molecule has 212 valence electrons. The smallest absolute Gasteiger partial charge is 0.251 e. The Balaban J connectivity index is 1.15. The lowest BCUT2D eigenvalue weighted by molar-refractivity contribution is -0.139. The number of benzene rings is 2. The van der Waals surface area contributed by atoms with Crippen molar-refractivity contribution in [2.75, 3.05) is 13.1 Å². The molecule has 1 N–H and O–H groups in total. The zero-order valence-electron chi connectivity index (χ0n) is 24.2. The number of hydrogen-bond acceptors (Lipinski definition) is 5. The fraction of sp³-hybridized carbons (Fsp3) is 0.324. The van der Waals surface area contributed by atoms with Gasteiger partial charge in [0.15, 0.2) is 0 Å². The molecule has 2 amide bonds. The maximum atomic E-state index is 13.2. The van der Waals surface area contributed by atoms with E-state index in [1.165, 1.54) is 5.56 Å². The summed E-state index contributed by atoms with van der Waals surface area (Å²) in [5.41, 5.74) is 5.31. The van der Waals surface area contributed by atoms with Crippen LogP contribution in [0.5, 0.6) is 0 Å². The molecule has 8 nitrogen and oxygen atoms in total. The zero-order valence-corrected chi connectivity index (χ0v) is 24.2. The molecule has 7 rings (SSSR count). The first-order valence-corrected chi connectivity index (χ1v) is 14.6. The van der Waals surface area contributed by atoms with E-state index in [-0.39, 0.29) is 17.2 Å². The van der Waals surface area contributed by atoms with Gasteiger partial charge in [0.1, 0.15) is 6.04 Å². The predicted molar refractivity (Wildman–Crippen MR) is 162 cm³/mol. The second-order valence-electron chi connectivity index (χ2n) is 12.7. The summed E-state index contributed by atoms with van der Waals surface area (Å²) in [7, 11) is 0. The van der Waals surface area contributed by atoms with Crippen LogP contribution in [0, 0.1) is 5.41 Å². The molecule has 1 aliphatic carbocycles. The van der Waals surface area contributed by atoms with Gasteiger partial charge in [-0.05, 0) is 66.1 Å². The number of imidazole rings is 1. The van der Waals surface area contributed by atoms with Gasteiger partial charge in [-0.15, -0.1) is 0 Å². The van der Waals surface area contributed by atoms with E-state index in [9.17, 15) is 9.59 Å². The quantitative estimate of drug-likeness (QED) is 0.301. The van der Waals surface area contributed by atoms with Crippen LogP contribution in [0.25, 0.3) is 27.8 Å². The number of aromatic nitrogens is 4. The molecule has 0 unspecified atom stereocenters. The highest BCUT2D eigenvalue weighted by Crippen LogP contribution is 2.53. The average molecular weight is 559 g/mol. The van der Waals surface area contributed by atoms with Crippen LogP contribution in [-0.4, -0.2) is 55.2 Å². The number of likely N-dealkylation sites (tertiary alicyclic amines) is 1. The van der Waals surface area contributed by atoms with E-state index in [2.05, 4.69) is 55.1 Å². The second kappa shape index (κ2) is 9.76. The Hall–Kier alpha value is -4.59. The van der Waals surface area contributed by atoms with Crippen LogP contribution in [0.4, 0.5) is 0 Å². The van der Waals surface area contributed by atoms with Gasteiger partial charge in [0.05, 0.1) is 17.4 Å². The molecule has 4 heterocycles. The van der Waals surface area contributed by atoms with Crippen LogP contribution in [-0.2, 0) is 10.2 Å². The van der Waals surface area contributed by atoms with Crippen LogP contribution in [0.3, 0.4) is 0 Å². The molecular weight excluding hydrogens is 524 g/mol. The maximum Gasteiger partial charge on any atom is 0.251 e. The van der Waals surface area contributed by atoms with Gasteiger partial charge in [0, 0.05) is 53.6 Å². The maximum absolute atomic E-state index is 13.2. The summed E-state index contributed by atoms with van der Waals surface area (Å²) in [5, 5.41) is 4.14. The fourth-order valence-corrected chi connectivity index (χ4v) is 5.96. The normalized spacial score (nSPS) is 16.7. The Morgan fingerprint density at radius 2 is 1.69 bits per heavy atom. The minimum Gasteiger partial charge on any atom is -0.341 e. The van der Waals surface area contributed by atoms with E-state index in [0.29, 0.717) is 11.3 Å². The Bertz CT molecular complexity index is 1830. The lowest BCUT2D eigenvalue weighted by Gasteiger charge is -2.39. The molecule has 5 aromatic rings. The summed E-state index contributed by atoms with van der Waals surface area (Å²) in [6.45, 7) is 7.46. The fourth-order valence-electron chi connectivity index (χ4n) is 5.96. The largest absolute Gasteiger partial charge is 0.341 e. The summed E-state index contributed by atoms with van der Waals surface area (Å²) >= 11 is 0. The molecule has 0 spiro atoms. The Labute approximate surface area is 244 Å². The molecule has 1 atom stereocenters. The van der Waals surface area contributed by atoms with Crippen molar-refractivity contribution < 1.29 is 9.59 Å². The van der Waals surface area contributed by atoms with Crippen molar-refractivity contribution in [3.8, 4) is 11.1 Å². The van der Waals surface area contributed by atoms with E-state index in [1.807, 2.05) is 74.6 Å².